The van der Waals surface area contributed by atoms with Crippen LogP contribution < -0.4 is 0 Å². The van der Waals surface area contributed by atoms with Gasteiger partial charge in [-0.2, -0.15) is 0 Å². The highest BCUT2D eigenvalue weighted by atomic mass is 16.6. The van der Waals surface area contributed by atoms with Crippen LogP contribution in [0.3, 0.4) is 0 Å². The molecule has 0 bridgehead atoms. The van der Waals surface area contributed by atoms with Gasteiger partial charge in [0.2, 0.25) is 0 Å². The molecular weight excluding hydrogens is 284 g/mol. The maximum Gasteiger partial charge on any atom is 0.140 e. The van der Waals surface area contributed by atoms with Crippen molar-refractivity contribution in [2.45, 2.75) is 55.4 Å². The van der Waals surface area contributed by atoms with Crippen molar-refractivity contribution >= 4 is 11.4 Å². The van der Waals surface area contributed by atoms with Crippen LogP contribution in [0, 0.1) is 10.8 Å². The number of rotatable bonds is 3. The molecule has 0 aromatic rings. The lowest BCUT2D eigenvalue weighted by Crippen LogP contribution is -2.17. The lowest BCUT2D eigenvalue weighted by molar-refractivity contribution is 0.0966. The quantitative estimate of drug-likeness (QED) is 0.275. The van der Waals surface area contributed by atoms with E-state index < -0.39 is 0 Å². The summed E-state index contributed by atoms with van der Waals surface area (Å²) in [5.74, 6) is 0. The van der Waals surface area contributed by atoms with Gasteiger partial charge in [0.25, 0.3) is 0 Å². The Hall–Kier alpha value is -1.14. The number of aliphatic hydroxyl groups is 1. The molecule has 0 aliphatic carbocycles. The molecular formula is C16H34N2O4. The van der Waals surface area contributed by atoms with E-state index >= 15 is 0 Å². The van der Waals surface area contributed by atoms with E-state index in [0.29, 0.717) is 0 Å². The minimum absolute atomic E-state index is 0.00868. The molecule has 0 amide bonds. The summed E-state index contributed by atoms with van der Waals surface area (Å²) in [5, 5.41) is 23.6. The summed E-state index contributed by atoms with van der Waals surface area (Å²) >= 11 is 0. The van der Waals surface area contributed by atoms with Crippen molar-refractivity contribution in [3.05, 3.63) is 0 Å². The maximum atomic E-state index is 8.39. The zero-order chi connectivity index (χ0) is 17.8. The number of hydrogen-bond acceptors (Lipinski definition) is 6. The van der Waals surface area contributed by atoms with Crippen molar-refractivity contribution in [2.24, 2.45) is 21.1 Å². The second-order valence-corrected chi connectivity index (χ2v) is 7.03. The van der Waals surface area contributed by atoms with Gasteiger partial charge in [0.1, 0.15) is 6.61 Å². The molecule has 22 heavy (non-hydrogen) atoms. The first-order valence-corrected chi connectivity index (χ1v) is 7.51. The number of ether oxygens (including phenoxy) is 1. The van der Waals surface area contributed by atoms with Crippen LogP contribution in [0.1, 0.15) is 55.4 Å². The van der Waals surface area contributed by atoms with Gasteiger partial charge in [-0.3, -0.25) is 0 Å². The summed E-state index contributed by atoms with van der Waals surface area (Å²) in [6.45, 7) is 18.2. The largest absolute Gasteiger partial charge is 0.411 e. The van der Waals surface area contributed by atoms with Gasteiger partial charge in [-0.25, -0.2) is 0 Å². The first-order chi connectivity index (χ1) is 9.96. The van der Waals surface area contributed by atoms with Gasteiger partial charge in [-0.1, -0.05) is 51.9 Å². The van der Waals surface area contributed by atoms with Gasteiger partial charge < -0.3 is 19.9 Å². The Labute approximate surface area is 135 Å². The SMILES string of the molecule is C1CO1.CC(=NO)C(C)(C)C.CC(=NOCCO)C(C)(C)C. The number of nitrogens with zero attached hydrogens (tertiary/aromatic N) is 2. The van der Waals surface area contributed by atoms with E-state index in [4.69, 9.17) is 15.2 Å². The highest BCUT2D eigenvalue weighted by Gasteiger charge is 2.14. The molecule has 1 aliphatic rings. The van der Waals surface area contributed by atoms with Gasteiger partial charge in [0.05, 0.1) is 31.2 Å². The molecule has 0 spiro atoms. The normalized spacial score (nSPS) is 15.1. The first-order valence-electron chi connectivity index (χ1n) is 7.51. The zero-order valence-corrected chi connectivity index (χ0v) is 15.4. The Balaban J connectivity index is 0. The minimum Gasteiger partial charge on any atom is -0.411 e. The fourth-order valence-electron chi connectivity index (χ4n) is 0.470. The summed E-state index contributed by atoms with van der Waals surface area (Å²) < 4.78 is 4.50. The molecule has 0 unspecified atom stereocenters. The van der Waals surface area contributed by atoms with Crippen LogP contribution in [-0.2, 0) is 9.57 Å². The smallest absolute Gasteiger partial charge is 0.140 e. The fraction of sp³-hybridized carbons (Fsp3) is 0.875. The van der Waals surface area contributed by atoms with Crippen LogP contribution in [0.5, 0.6) is 0 Å². The predicted molar refractivity (Wildman–Crippen MR) is 90.8 cm³/mol. The third-order valence-corrected chi connectivity index (χ3v) is 2.91. The van der Waals surface area contributed by atoms with E-state index in [1.807, 2.05) is 27.7 Å². The Morgan fingerprint density at radius 1 is 1.00 bits per heavy atom. The predicted octanol–water partition coefficient (Wildman–Crippen LogP) is 3.32. The van der Waals surface area contributed by atoms with Gasteiger partial charge in [0.15, 0.2) is 0 Å². The Morgan fingerprint density at radius 3 is 1.59 bits per heavy atom. The molecule has 6 nitrogen and oxygen atoms in total. The summed E-state index contributed by atoms with van der Waals surface area (Å²) in [5.41, 5.74) is 1.76. The molecule has 2 N–H and O–H groups in total. The average Bonchev–Trinajstić information content (AvgIpc) is 3.24. The third-order valence-electron chi connectivity index (χ3n) is 2.91. The lowest BCUT2D eigenvalue weighted by atomic mass is 9.91. The summed E-state index contributed by atoms with van der Waals surface area (Å²) in [6, 6.07) is 0. The topological polar surface area (TPSA) is 86.9 Å². The van der Waals surface area contributed by atoms with E-state index in [1.54, 1.807) is 6.92 Å². The standard InChI is InChI=1S/C8H17NO2.C6H13NO.C2H4O/c1-7(8(2,3)4)9-11-6-5-10;1-5(7-8)6(2,3)4;1-2-3-1/h10H,5-6H2,1-4H3;8H,1-4H3;1-2H2. The van der Waals surface area contributed by atoms with Crippen LogP contribution in [0.4, 0.5) is 0 Å². The molecule has 1 aliphatic heterocycles. The van der Waals surface area contributed by atoms with Crippen LogP contribution in [-0.4, -0.2) is 48.2 Å². The van der Waals surface area contributed by atoms with Gasteiger partial charge >= 0.3 is 0 Å². The van der Waals surface area contributed by atoms with E-state index in [2.05, 4.69) is 35.8 Å². The molecule has 132 valence electrons. The van der Waals surface area contributed by atoms with Crippen molar-refractivity contribution in [2.75, 3.05) is 26.4 Å². The van der Waals surface area contributed by atoms with E-state index in [9.17, 15) is 0 Å². The molecule has 0 aromatic heterocycles. The highest BCUT2D eigenvalue weighted by molar-refractivity contribution is 5.86. The van der Waals surface area contributed by atoms with Crippen molar-refractivity contribution in [1.82, 2.24) is 0 Å². The second kappa shape index (κ2) is 11.4. The average molecular weight is 318 g/mol. The van der Waals surface area contributed by atoms with Crippen LogP contribution in [0.25, 0.3) is 0 Å². The summed E-state index contributed by atoms with van der Waals surface area (Å²) in [6.07, 6.45) is 0. The van der Waals surface area contributed by atoms with Crippen LogP contribution in [0.2, 0.25) is 0 Å². The van der Waals surface area contributed by atoms with Crippen molar-refractivity contribution in [1.29, 1.82) is 0 Å². The fourth-order valence-corrected chi connectivity index (χ4v) is 0.470. The lowest BCUT2D eigenvalue weighted by Gasteiger charge is -2.16. The van der Waals surface area contributed by atoms with E-state index in [-0.39, 0.29) is 24.0 Å². The number of epoxide rings is 1. The van der Waals surface area contributed by atoms with Crippen LogP contribution in [0.15, 0.2) is 10.3 Å². The highest BCUT2D eigenvalue weighted by Crippen LogP contribution is 2.15. The van der Waals surface area contributed by atoms with Gasteiger partial charge in [0, 0.05) is 10.8 Å². The van der Waals surface area contributed by atoms with Crippen molar-refractivity contribution in [3.8, 4) is 0 Å². The van der Waals surface area contributed by atoms with Crippen molar-refractivity contribution in [3.63, 3.8) is 0 Å². The van der Waals surface area contributed by atoms with Gasteiger partial charge in [-0.15, -0.1) is 0 Å². The molecule has 1 heterocycles. The van der Waals surface area contributed by atoms with Crippen LogP contribution >= 0.6 is 0 Å². The Bertz CT molecular complexity index is 334. The first kappa shape index (κ1) is 23.1. The molecule has 1 fully saturated rings. The minimum atomic E-state index is 0.00868. The second-order valence-electron chi connectivity index (χ2n) is 7.03. The summed E-state index contributed by atoms with van der Waals surface area (Å²) in [7, 11) is 0. The molecule has 1 rings (SSSR count). The molecule has 0 atom stereocenters. The monoisotopic (exact) mass is 318 g/mol. The number of oxime groups is 2. The third kappa shape index (κ3) is 16.9. The van der Waals surface area contributed by atoms with E-state index in [1.165, 1.54) is 0 Å². The molecule has 6 heteroatoms. The Kier molecular flexibility index (Phi) is 12.0. The van der Waals surface area contributed by atoms with Gasteiger partial charge in [-0.05, 0) is 13.8 Å². The molecule has 0 radical (unpaired) electrons. The molecule has 1 saturated heterocycles. The Morgan fingerprint density at radius 2 is 1.41 bits per heavy atom. The summed E-state index contributed by atoms with van der Waals surface area (Å²) in [4.78, 5) is 4.81. The van der Waals surface area contributed by atoms with Crippen molar-refractivity contribution < 1.29 is 19.9 Å². The van der Waals surface area contributed by atoms with E-state index in [0.717, 1.165) is 24.6 Å². The maximum absolute atomic E-state index is 8.39. The zero-order valence-electron chi connectivity index (χ0n) is 15.4. The molecule has 0 aromatic carbocycles. The number of hydrogen-bond donors (Lipinski definition) is 2. The molecule has 0 saturated carbocycles. The number of aliphatic hydroxyl groups excluding tert-OH is 1.